The first-order valence-corrected chi connectivity index (χ1v) is 6.94. The topological polar surface area (TPSA) is 94.8 Å². The van der Waals surface area contributed by atoms with Crippen molar-refractivity contribution in [1.29, 1.82) is 0 Å². The summed E-state index contributed by atoms with van der Waals surface area (Å²) in [6, 6.07) is 6.68. The number of benzene rings is 1. The molecule has 0 fully saturated rings. The second-order valence-electron chi connectivity index (χ2n) is 5.10. The van der Waals surface area contributed by atoms with E-state index in [-0.39, 0.29) is 0 Å². The fraction of sp³-hybridized carbons (Fsp3) is 0.357. The van der Waals surface area contributed by atoms with Crippen molar-refractivity contribution in [3.05, 3.63) is 24.4 Å². The Morgan fingerprint density at radius 3 is 3.00 bits per heavy atom. The standard InChI is InChI=1S/C14H18N6O/c1-9(2)20-12-7-10(3-4-11(12)8-17-20)13-18-14(21-19-13)16-6-5-15/h3-4,7-9H,5-6,15H2,1-2H3,(H,16,18,19). The van der Waals surface area contributed by atoms with Gasteiger partial charge in [-0.3, -0.25) is 4.68 Å². The van der Waals surface area contributed by atoms with Crippen LogP contribution in [-0.2, 0) is 0 Å². The maximum Gasteiger partial charge on any atom is 0.321 e. The van der Waals surface area contributed by atoms with Crippen molar-refractivity contribution >= 4 is 16.9 Å². The van der Waals surface area contributed by atoms with Gasteiger partial charge >= 0.3 is 6.01 Å². The van der Waals surface area contributed by atoms with Gasteiger partial charge in [0.05, 0.1) is 11.7 Å². The molecule has 0 aliphatic carbocycles. The number of rotatable bonds is 5. The second kappa shape index (κ2) is 5.53. The van der Waals surface area contributed by atoms with E-state index in [4.69, 9.17) is 10.3 Å². The van der Waals surface area contributed by atoms with Crippen molar-refractivity contribution < 1.29 is 4.52 Å². The monoisotopic (exact) mass is 286 g/mol. The fourth-order valence-corrected chi connectivity index (χ4v) is 2.18. The highest BCUT2D eigenvalue weighted by atomic mass is 16.5. The summed E-state index contributed by atoms with van der Waals surface area (Å²) in [5, 5.41) is 12.4. The second-order valence-corrected chi connectivity index (χ2v) is 5.10. The Balaban J connectivity index is 1.96. The lowest BCUT2D eigenvalue weighted by Crippen LogP contribution is -2.13. The lowest BCUT2D eigenvalue weighted by molar-refractivity contribution is 0.432. The molecule has 0 aliphatic heterocycles. The van der Waals surface area contributed by atoms with Crippen molar-refractivity contribution in [2.45, 2.75) is 19.9 Å². The molecule has 1 aromatic carbocycles. The highest BCUT2D eigenvalue weighted by Gasteiger charge is 2.11. The van der Waals surface area contributed by atoms with Gasteiger partial charge in [-0.1, -0.05) is 17.3 Å². The largest absolute Gasteiger partial charge is 0.336 e. The molecule has 0 saturated heterocycles. The maximum atomic E-state index is 5.43. The van der Waals surface area contributed by atoms with Crippen LogP contribution in [0.4, 0.5) is 6.01 Å². The third kappa shape index (κ3) is 2.59. The van der Waals surface area contributed by atoms with E-state index in [1.165, 1.54) is 0 Å². The molecule has 21 heavy (non-hydrogen) atoms. The van der Waals surface area contributed by atoms with Gasteiger partial charge in [-0.2, -0.15) is 10.1 Å². The number of anilines is 1. The molecule has 3 aromatic rings. The van der Waals surface area contributed by atoms with Crippen LogP contribution in [0.2, 0.25) is 0 Å². The molecule has 3 rings (SSSR count). The summed E-state index contributed by atoms with van der Waals surface area (Å²) >= 11 is 0. The molecule has 7 nitrogen and oxygen atoms in total. The van der Waals surface area contributed by atoms with Crippen molar-refractivity contribution in [2.75, 3.05) is 18.4 Å². The number of hydrogen-bond acceptors (Lipinski definition) is 6. The van der Waals surface area contributed by atoms with Crippen molar-refractivity contribution in [1.82, 2.24) is 19.9 Å². The van der Waals surface area contributed by atoms with Gasteiger partial charge in [-0.05, 0) is 19.9 Å². The normalized spacial score (nSPS) is 11.4. The number of nitrogens with two attached hydrogens (primary N) is 1. The minimum absolute atomic E-state index is 0.296. The third-order valence-electron chi connectivity index (χ3n) is 3.19. The Hall–Kier alpha value is -2.41. The average Bonchev–Trinajstić information content (AvgIpc) is 3.11. The predicted molar refractivity (Wildman–Crippen MR) is 81.0 cm³/mol. The van der Waals surface area contributed by atoms with E-state index in [2.05, 4.69) is 34.4 Å². The molecule has 0 amide bonds. The van der Waals surface area contributed by atoms with E-state index in [1.54, 1.807) is 0 Å². The number of hydrogen-bond donors (Lipinski definition) is 2. The summed E-state index contributed by atoms with van der Waals surface area (Å²) in [6.45, 7) is 5.31. The minimum atomic E-state index is 0.296. The Morgan fingerprint density at radius 2 is 2.24 bits per heavy atom. The third-order valence-corrected chi connectivity index (χ3v) is 3.19. The van der Waals surface area contributed by atoms with E-state index in [9.17, 15) is 0 Å². The molecule has 0 bridgehead atoms. The van der Waals surface area contributed by atoms with Gasteiger partial charge < -0.3 is 15.6 Å². The molecular formula is C14H18N6O. The molecule has 2 aromatic heterocycles. The molecule has 3 N–H and O–H groups in total. The Labute approximate surface area is 122 Å². The number of aromatic nitrogens is 4. The number of nitrogens with one attached hydrogen (secondary N) is 1. The van der Waals surface area contributed by atoms with Crippen LogP contribution in [0.25, 0.3) is 22.3 Å². The van der Waals surface area contributed by atoms with Crippen LogP contribution < -0.4 is 11.1 Å². The van der Waals surface area contributed by atoms with E-state index in [0.29, 0.717) is 31.0 Å². The molecule has 0 aliphatic rings. The fourth-order valence-electron chi connectivity index (χ4n) is 2.18. The SMILES string of the molecule is CC(C)n1ncc2ccc(-c3noc(NCCN)n3)cc21. The smallest absolute Gasteiger partial charge is 0.321 e. The molecule has 110 valence electrons. The first-order chi connectivity index (χ1) is 10.2. The average molecular weight is 286 g/mol. The predicted octanol–water partition coefficient (Wildman–Crippen LogP) is 2.04. The highest BCUT2D eigenvalue weighted by Crippen LogP contribution is 2.24. The Kier molecular flexibility index (Phi) is 3.57. The van der Waals surface area contributed by atoms with Crippen LogP contribution in [0, 0.1) is 0 Å². The van der Waals surface area contributed by atoms with E-state index in [0.717, 1.165) is 16.5 Å². The van der Waals surface area contributed by atoms with Gasteiger partial charge in [0.1, 0.15) is 0 Å². The van der Waals surface area contributed by atoms with Gasteiger partial charge in [0.15, 0.2) is 0 Å². The van der Waals surface area contributed by atoms with Gasteiger partial charge in [0, 0.05) is 30.1 Å². The van der Waals surface area contributed by atoms with Crippen LogP contribution in [0.15, 0.2) is 28.9 Å². The lowest BCUT2D eigenvalue weighted by Gasteiger charge is -2.07. The van der Waals surface area contributed by atoms with Crippen molar-refractivity contribution in [3.63, 3.8) is 0 Å². The number of fused-ring (bicyclic) bond motifs is 1. The van der Waals surface area contributed by atoms with Crippen molar-refractivity contribution in [3.8, 4) is 11.4 Å². The summed E-state index contributed by atoms with van der Waals surface area (Å²) in [5.41, 5.74) is 7.38. The van der Waals surface area contributed by atoms with Crippen LogP contribution in [0.3, 0.4) is 0 Å². The van der Waals surface area contributed by atoms with Crippen LogP contribution in [-0.4, -0.2) is 33.0 Å². The summed E-state index contributed by atoms with van der Waals surface area (Å²) in [4.78, 5) is 4.31. The zero-order valence-electron chi connectivity index (χ0n) is 12.1. The van der Waals surface area contributed by atoms with E-state index < -0.39 is 0 Å². The molecule has 0 spiro atoms. The van der Waals surface area contributed by atoms with E-state index in [1.807, 2.05) is 29.1 Å². The molecule has 0 saturated carbocycles. The first kappa shape index (κ1) is 13.6. The minimum Gasteiger partial charge on any atom is -0.336 e. The summed E-state index contributed by atoms with van der Waals surface area (Å²) in [5.74, 6) is 0.549. The molecule has 0 atom stereocenters. The maximum absolute atomic E-state index is 5.43. The molecule has 7 heteroatoms. The van der Waals surface area contributed by atoms with Crippen LogP contribution in [0.1, 0.15) is 19.9 Å². The van der Waals surface area contributed by atoms with Gasteiger partial charge in [-0.15, -0.1) is 0 Å². The van der Waals surface area contributed by atoms with E-state index >= 15 is 0 Å². The zero-order valence-corrected chi connectivity index (χ0v) is 12.1. The Bertz CT molecular complexity index is 745. The van der Waals surface area contributed by atoms with Crippen LogP contribution >= 0.6 is 0 Å². The zero-order chi connectivity index (χ0) is 14.8. The summed E-state index contributed by atoms with van der Waals surface area (Å²) < 4.78 is 7.12. The number of nitrogens with zero attached hydrogens (tertiary/aromatic N) is 4. The summed E-state index contributed by atoms with van der Waals surface area (Å²) in [6.07, 6.45) is 1.86. The Morgan fingerprint density at radius 1 is 1.38 bits per heavy atom. The molecule has 2 heterocycles. The van der Waals surface area contributed by atoms with Gasteiger partial charge in [0.25, 0.3) is 0 Å². The molecular weight excluding hydrogens is 268 g/mol. The van der Waals surface area contributed by atoms with Crippen molar-refractivity contribution in [2.24, 2.45) is 5.73 Å². The quantitative estimate of drug-likeness (QED) is 0.745. The molecule has 0 unspecified atom stereocenters. The first-order valence-electron chi connectivity index (χ1n) is 6.94. The van der Waals surface area contributed by atoms with Gasteiger partial charge in [0.2, 0.25) is 5.82 Å². The molecule has 0 radical (unpaired) electrons. The van der Waals surface area contributed by atoms with Gasteiger partial charge in [-0.25, -0.2) is 0 Å². The lowest BCUT2D eigenvalue weighted by atomic mass is 10.1. The van der Waals surface area contributed by atoms with Crippen LogP contribution in [0.5, 0.6) is 0 Å². The highest BCUT2D eigenvalue weighted by molar-refractivity contribution is 5.83. The summed E-state index contributed by atoms with van der Waals surface area (Å²) in [7, 11) is 0.